The van der Waals surface area contributed by atoms with Gasteiger partial charge in [0.15, 0.2) is 0 Å². The molecule has 0 spiro atoms. The number of benzene rings is 2. The Balaban J connectivity index is 1.45. The molecule has 2 heterocycles. The number of fused-ring (bicyclic) bond motifs is 1. The van der Waals surface area contributed by atoms with Crippen LogP contribution in [-0.2, 0) is 22.6 Å². The highest BCUT2D eigenvalue weighted by molar-refractivity contribution is 6.11. The Bertz CT molecular complexity index is 1090. The molecule has 0 saturated carbocycles. The Kier molecular flexibility index (Phi) is 4.70. The first-order valence-electron chi connectivity index (χ1n) is 8.81. The van der Waals surface area contributed by atoms with E-state index in [0.717, 1.165) is 5.56 Å². The molecule has 0 bridgehead atoms. The number of carbonyl (C=O) groups is 3. The second kappa shape index (κ2) is 7.47. The van der Waals surface area contributed by atoms with Gasteiger partial charge in [0.25, 0.3) is 5.91 Å². The molecule has 1 aliphatic rings. The molecule has 29 heavy (non-hydrogen) atoms. The van der Waals surface area contributed by atoms with Gasteiger partial charge in [-0.2, -0.15) is 5.10 Å². The number of rotatable bonds is 4. The van der Waals surface area contributed by atoms with Crippen LogP contribution in [0.4, 0.5) is 16.3 Å². The third-order valence-electron chi connectivity index (χ3n) is 4.37. The lowest BCUT2D eigenvalue weighted by Crippen LogP contribution is -2.37. The summed E-state index contributed by atoms with van der Waals surface area (Å²) in [6.07, 6.45) is -0.587. The van der Waals surface area contributed by atoms with Gasteiger partial charge in [-0.05, 0) is 29.8 Å². The van der Waals surface area contributed by atoms with Crippen LogP contribution in [-0.4, -0.2) is 27.7 Å². The van der Waals surface area contributed by atoms with E-state index in [1.54, 1.807) is 24.3 Å². The van der Waals surface area contributed by atoms with Gasteiger partial charge in [-0.1, -0.05) is 30.3 Å². The molecule has 9 heteroatoms. The van der Waals surface area contributed by atoms with Gasteiger partial charge in [-0.15, -0.1) is 0 Å². The van der Waals surface area contributed by atoms with Crippen molar-refractivity contribution >= 4 is 29.4 Å². The smallest absolute Gasteiger partial charge is 0.411 e. The van der Waals surface area contributed by atoms with Crippen molar-refractivity contribution in [1.29, 1.82) is 0 Å². The second-order valence-electron chi connectivity index (χ2n) is 6.41. The number of anilines is 2. The van der Waals surface area contributed by atoms with Crippen LogP contribution in [0.3, 0.4) is 0 Å². The molecular weight excluding hydrogens is 374 g/mol. The summed E-state index contributed by atoms with van der Waals surface area (Å²) in [5.74, 6) is -0.826. The number of hydrogen-bond donors (Lipinski definition) is 3. The van der Waals surface area contributed by atoms with Crippen LogP contribution in [0.5, 0.6) is 0 Å². The zero-order valence-corrected chi connectivity index (χ0v) is 15.2. The van der Waals surface area contributed by atoms with Crippen molar-refractivity contribution in [2.75, 3.05) is 11.1 Å². The zero-order chi connectivity index (χ0) is 20.4. The van der Waals surface area contributed by atoms with E-state index in [2.05, 4.69) is 15.7 Å². The Morgan fingerprint density at radius 2 is 1.86 bits per heavy atom. The number of aromatic nitrogens is 2. The Hall–Kier alpha value is -4.14. The number of nitrogen functional groups attached to an aromatic ring is 1. The molecule has 1 aliphatic heterocycles. The lowest BCUT2D eigenvalue weighted by atomic mass is 10.1. The molecule has 0 saturated heterocycles. The summed E-state index contributed by atoms with van der Waals surface area (Å²) in [5.41, 5.74) is 8.58. The van der Waals surface area contributed by atoms with Crippen molar-refractivity contribution in [3.63, 3.8) is 0 Å². The van der Waals surface area contributed by atoms with Crippen molar-refractivity contribution in [3.05, 3.63) is 71.4 Å². The molecule has 4 N–H and O–H groups in total. The molecule has 9 nitrogen and oxygen atoms in total. The van der Waals surface area contributed by atoms with Crippen molar-refractivity contribution in [2.45, 2.75) is 13.0 Å². The van der Waals surface area contributed by atoms with E-state index >= 15 is 0 Å². The van der Waals surface area contributed by atoms with Gasteiger partial charge in [-0.25, -0.2) is 9.48 Å². The third kappa shape index (κ3) is 3.79. The fourth-order valence-electron chi connectivity index (χ4n) is 2.99. The molecule has 0 atom stereocenters. The number of nitrogens with zero attached hydrogens (tertiary/aromatic N) is 2. The maximum absolute atomic E-state index is 12.0. The molecule has 2 aromatic carbocycles. The number of hydrogen-bond acceptors (Lipinski definition) is 6. The number of carbonyl (C=O) groups excluding carboxylic acids is 3. The first kappa shape index (κ1) is 18.2. The van der Waals surface area contributed by atoms with Crippen molar-refractivity contribution < 1.29 is 19.1 Å². The van der Waals surface area contributed by atoms with Crippen LogP contribution in [0.1, 0.15) is 21.6 Å². The topological polar surface area (TPSA) is 128 Å². The van der Waals surface area contributed by atoms with E-state index in [9.17, 15) is 14.4 Å². The van der Waals surface area contributed by atoms with Crippen LogP contribution in [0.15, 0.2) is 54.6 Å². The van der Waals surface area contributed by atoms with E-state index in [1.807, 2.05) is 30.3 Å². The molecule has 3 amide bonds. The highest BCUT2D eigenvalue weighted by Crippen LogP contribution is 2.24. The Morgan fingerprint density at radius 1 is 1.14 bits per heavy atom. The predicted molar refractivity (Wildman–Crippen MR) is 104 cm³/mol. The minimum absolute atomic E-state index is 0.00876. The van der Waals surface area contributed by atoms with E-state index in [0.29, 0.717) is 17.1 Å². The summed E-state index contributed by atoms with van der Waals surface area (Å²) in [6.45, 7) is 0.168. The number of nitrogens with one attached hydrogen (secondary N) is 2. The maximum atomic E-state index is 12.0. The average molecular weight is 391 g/mol. The number of ether oxygens (including phenoxy) is 1. The summed E-state index contributed by atoms with van der Waals surface area (Å²) in [4.78, 5) is 35.4. The van der Waals surface area contributed by atoms with E-state index < -0.39 is 17.9 Å². The molecule has 0 radical (unpaired) electrons. The molecular formula is C20H17N5O4. The monoisotopic (exact) mass is 391 g/mol. The lowest BCUT2D eigenvalue weighted by Gasteiger charge is -2.09. The van der Waals surface area contributed by atoms with Crippen LogP contribution in [0.2, 0.25) is 0 Å². The van der Waals surface area contributed by atoms with Crippen LogP contribution in [0, 0.1) is 0 Å². The van der Waals surface area contributed by atoms with Crippen molar-refractivity contribution in [2.24, 2.45) is 0 Å². The fraction of sp³-hybridized carbons (Fsp3) is 0.100. The second-order valence-corrected chi connectivity index (χ2v) is 6.41. The molecule has 3 aromatic rings. The van der Waals surface area contributed by atoms with Gasteiger partial charge in [0.1, 0.15) is 18.0 Å². The zero-order valence-electron chi connectivity index (χ0n) is 15.2. The quantitative estimate of drug-likeness (QED) is 0.584. The van der Waals surface area contributed by atoms with E-state index in [1.165, 1.54) is 4.68 Å². The van der Waals surface area contributed by atoms with Gasteiger partial charge >= 0.3 is 6.09 Å². The molecule has 0 fully saturated rings. The minimum atomic E-state index is -0.578. The first-order valence-corrected chi connectivity index (χ1v) is 8.81. The molecule has 1 aromatic heterocycles. The average Bonchev–Trinajstić information content (AvgIpc) is 3.04. The summed E-state index contributed by atoms with van der Waals surface area (Å²) >= 11 is 0. The predicted octanol–water partition coefficient (Wildman–Crippen LogP) is 2.02. The SMILES string of the molecule is Nc1c2c(nn1-c1ccc(NC(=O)OCc3ccccc3)cc1)CC(=O)NC2=O. The molecule has 0 unspecified atom stereocenters. The molecule has 146 valence electrons. The van der Waals surface area contributed by atoms with Gasteiger partial charge in [0.05, 0.1) is 17.8 Å². The Morgan fingerprint density at radius 3 is 2.59 bits per heavy atom. The van der Waals surface area contributed by atoms with Gasteiger partial charge in [0, 0.05) is 5.69 Å². The Labute approximate surface area is 165 Å². The minimum Gasteiger partial charge on any atom is -0.444 e. The van der Waals surface area contributed by atoms with Gasteiger partial charge in [-0.3, -0.25) is 20.2 Å². The first-order chi connectivity index (χ1) is 14.0. The van der Waals surface area contributed by atoms with Crippen molar-refractivity contribution in [3.8, 4) is 5.69 Å². The molecule has 4 rings (SSSR count). The highest BCUT2D eigenvalue weighted by Gasteiger charge is 2.29. The van der Waals surface area contributed by atoms with E-state index in [4.69, 9.17) is 10.5 Å². The van der Waals surface area contributed by atoms with Crippen LogP contribution < -0.4 is 16.4 Å². The maximum Gasteiger partial charge on any atom is 0.411 e. The van der Waals surface area contributed by atoms with Crippen LogP contribution >= 0.6 is 0 Å². The summed E-state index contributed by atoms with van der Waals surface area (Å²) in [6, 6.07) is 16.0. The summed E-state index contributed by atoms with van der Waals surface area (Å²) in [5, 5.41) is 9.13. The summed E-state index contributed by atoms with van der Waals surface area (Å²) in [7, 11) is 0. The highest BCUT2D eigenvalue weighted by atomic mass is 16.5. The third-order valence-corrected chi connectivity index (χ3v) is 4.37. The number of nitrogens with two attached hydrogens (primary N) is 1. The van der Waals surface area contributed by atoms with E-state index in [-0.39, 0.29) is 24.4 Å². The van der Waals surface area contributed by atoms with Crippen molar-refractivity contribution in [1.82, 2.24) is 15.1 Å². The van der Waals surface area contributed by atoms with Gasteiger partial charge in [0.2, 0.25) is 5.91 Å². The molecule has 0 aliphatic carbocycles. The number of imide groups is 1. The number of amides is 3. The summed E-state index contributed by atoms with van der Waals surface area (Å²) < 4.78 is 6.57. The van der Waals surface area contributed by atoms with Crippen LogP contribution in [0.25, 0.3) is 5.69 Å². The lowest BCUT2D eigenvalue weighted by molar-refractivity contribution is -0.119. The fourth-order valence-corrected chi connectivity index (χ4v) is 2.99. The standard InChI is InChI=1S/C20H17N5O4/c21-18-17-15(10-16(26)23-19(17)27)24-25(18)14-8-6-13(7-9-14)22-20(28)29-11-12-4-2-1-3-5-12/h1-9H,10-11,21H2,(H,22,28)(H,23,26,27). The van der Waals surface area contributed by atoms with Gasteiger partial charge < -0.3 is 10.5 Å². The largest absolute Gasteiger partial charge is 0.444 e. The normalized spacial score (nSPS) is 12.8.